The minimum atomic E-state index is -1.06. The van der Waals surface area contributed by atoms with E-state index < -0.39 is 18.1 Å². The van der Waals surface area contributed by atoms with Gasteiger partial charge in [0.15, 0.2) is 0 Å². The highest BCUT2D eigenvalue weighted by Crippen LogP contribution is 2.15. The zero-order valence-corrected chi connectivity index (χ0v) is 24.6. The Morgan fingerprint density at radius 1 is 0.829 bits per heavy atom. The molecule has 0 spiro atoms. The Morgan fingerprint density at radius 3 is 2.10 bits per heavy atom. The first-order valence-electron chi connectivity index (χ1n) is 14.5. The molecule has 0 heterocycles. The van der Waals surface area contributed by atoms with E-state index in [-0.39, 0.29) is 37.4 Å². The summed E-state index contributed by atoms with van der Waals surface area (Å²) in [7, 11) is 1.45. The fourth-order valence-electron chi connectivity index (χ4n) is 3.70. The highest BCUT2D eigenvalue weighted by atomic mass is 16.6. The first-order chi connectivity index (χ1) is 19.8. The second-order valence-electron chi connectivity index (χ2n) is 9.61. The minimum Gasteiger partial charge on any atom is -0.480 e. The van der Waals surface area contributed by atoms with Crippen LogP contribution in [-0.4, -0.2) is 119 Å². The van der Waals surface area contributed by atoms with Crippen molar-refractivity contribution in [1.29, 1.82) is 0 Å². The molecular weight excluding hydrogens is 538 g/mol. The highest BCUT2D eigenvalue weighted by molar-refractivity contribution is 5.83. The van der Waals surface area contributed by atoms with Crippen LogP contribution in [0.2, 0.25) is 0 Å². The molecule has 0 saturated carbocycles. The molecule has 1 rings (SSSR count). The number of hydrogen-bond donors (Lipinski definition) is 3. The number of aliphatic carboxylic acids is 1. The van der Waals surface area contributed by atoms with Gasteiger partial charge < -0.3 is 44.3 Å². The van der Waals surface area contributed by atoms with E-state index in [4.69, 9.17) is 28.8 Å². The van der Waals surface area contributed by atoms with Crippen molar-refractivity contribution in [2.75, 3.05) is 73.0 Å². The van der Waals surface area contributed by atoms with Crippen LogP contribution in [0.3, 0.4) is 0 Å². The number of carbonyl (C=O) groups is 4. The van der Waals surface area contributed by atoms with Gasteiger partial charge in [0, 0.05) is 33.0 Å². The Hall–Kier alpha value is -2.74. The third kappa shape index (κ3) is 19.9. The number of ether oxygens (including phenoxy) is 5. The standard InChI is InChI=1S/C28H49N3O10/c1-23(27(34)35)31(2)26(33)11-8-13-29-25(32)12-15-37-17-19-39-21-22-40-20-18-38-16-14-30-28(36)41-24-9-6-4-3-5-7-10-24/h3-4,23-24H,5-22H2,1-2H3,(H,29,32)(H,30,36)(H,34,35)/b4-3+/t23-,24?/m0/s1. The molecule has 0 aromatic rings. The number of likely N-dealkylation sites (N-methyl/N-ethyl adjacent to an activating group) is 1. The van der Waals surface area contributed by atoms with E-state index in [1.807, 2.05) is 0 Å². The van der Waals surface area contributed by atoms with Gasteiger partial charge in [0.1, 0.15) is 12.1 Å². The molecule has 41 heavy (non-hydrogen) atoms. The first-order valence-corrected chi connectivity index (χ1v) is 14.5. The number of nitrogens with one attached hydrogen (secondary N) is 2. The maximum atomic E-state index is 11.9. The number of carboxylic acids is 1. The van der Waals surface area contributed by atoms with Crippen LogP contribution in [0.1, 0.15) is 58.3 Å². The van der Waals surface area contributed by atoms with Crippen LogP contribution < -0.4 is 10.6 Å². The van der Waals surface area contributed by atoms with Crippen LogP contribution >= 0.6 is 0 Å². The van der Waals surface area contributed by atoms with Gasteiger partial charge in [0.25, 0.3) is 0 Å². The largest absolute Gasteiger partial charge is 0.480 e. The summed E-state index contributed by atoms with van der Waals surface area (Å²) in [6, 6.07) is -0.886. The van der Waals surface area contributed by atoms with E-state index in [0.29, 0.717) is 65.8 Å². The number of rotatable bonds is 22. The second kappa shape index (κ2) is 23.9. The average molecular weight is 588 g/mol. The van der Waals surface area contributed by atoms with Crippen molar-refractivity contribution >= 4 is 23.9 Å². The average Bonchev–Trinajstić information content (AvgIpc) is 2.93. The molecule has 3 amide bonds. The van der Waals surface area contributed by atoms with Gasteiger partial charge in [-0.3, -0.25) is 9.59 Å². The van der Waals surface area contributed by atoms with Crippen molar-refractivity contribution in [3.63, 3.8) is 0 Å². The van der Waals surface area contributed by atoms with Gasteiger partial charge in [0.2, 0.25) is 11.8 Å². The Balaban J connectivity index is 1.82. The molecule has 236 valence electrons. The number of hydrogen-bond acceptors (Lipinski definition) is 9. The first kappa shape index (κ1) is 36.3. The van der Waals surface area contributed by atoms with E-state index >= 15 is 0 Å². The molecule has 0 aromatic heterocycles. The summed E-state index contributed by atoms with van der Waals surface area (Å²) in [6.45, 7) is 5.18. The van der Waals surface area contributed by atoms with E-state index in [1.54, 1.807) is 0 Å². The summed E-state index contributed by atoms with van der Waals surface area (Å²) in [5.41, 5.74) is 0. The van der Waals surface area contributed by atoms with Gasteiger partial charge in [-0.15, -0.1) is 0 Å². The lowest BCUT2D eigenvalue weighted by Crippen LogP contribution is -2.40. The Kier molecular flexibility index (Phi) is 21.2. The lowest BCUT2D eigenvalue weighted by Gasteiger charge is -2.21. The molecule has 0 radical (unpaired) electrons. The molecule has 0 aromatic carbocycles. The maximum Gasteiger partial charge on any atom is 0.407 e. The molecule has 13 nitrogen and oxygen atoms in total. The topological polar surface area (TPSA) is 162 Å². The number of carboxylic acid groups (broad SMARTS) is 1. The minimum absolute atomic E-state index is 0.0252. The Labute approximate surface area is 243 Å². The third-order valence-corrected chi connectivity index (χ3v) is 6.32. The Morgan fingerprint density at radius 2 is 1.44 bits per heavy atom. The van der Waals surface area contributed by atoms with Crippen LogP contribution in [0.5, 0.6) is 0 Å². The van der Waals surface area contributed by atoms with E-state index in [9.17, 15) is 19.2 Å². The normalized spacial score (nSPS) is 16.6. The molecule has 0 saturated heterocycles. The number of alkyl carbamates (subject to hydrolysis) is 1. The fraction of sp³-hybridized carbons (Fsp3) is 0.786. The number of carbonyl (C=O) groups excluding carboxylic acids is 3. The van der Waals surface area contributed by atoms with Crippen LogP contribution in [-0.2, 0) is 38.1 Å². The SMILES string of the molecule is C[C@@H](C(=O)O)N(C)C(=O)CCCNC(=O)CCOCCOCCOCCOCCNC(=O)OC1CC/C=C/CCC1. The third-order valence-electron chi connectivity index (χ3n) is 6.32. The molecule has 0 aliphatic heterocycles. The van der Waals surface area contributed by atoms with Gasteiger partial charge in [-0.1, -0.05) is 12.2 Å². The van der Waals surface area contributed by atoms with Crippen molar-refractivity contribution in [3.8, 4) is 0 Å². The van der Waals surface area contributed by atoms with Gasteiger partial charge >= 0.3 is 12.1 Å². The number of amides is 3. The van der Waals surface area contributed by atoms with Crippen LogP contribution in [0, 0.1) is 0 Å². The predicted octanol–water partition coefficient (Wildman–Crippen LogP) is 1.89. The monoisotopic (exact) mass is 587 g/mol. The van der Waals surface area contributed by atoms with E-state index in [1.165, 1.54) is 18.9 Å². The van der Waals surface area contributed by atoms with E-state index in [2.05, 4.69) is 22.8 Å². The molecular formula is C28H49N3O10. The van der Waals surface area contributed by atoms with Crippen molar-refractivity contribution in [3.05, 3.63) is 12.2 Å². The van der Waals surface area contributed by atoms with Gasteiger partial charge in [0.05, 0.1) is 52.9 Å². The van der Waals surface area contributed by atoms with Gasteiger partial charge in [-0.25, -0.2) is 9.59 Å². The van der Waals surface area contributed by atoms with Crippen molar-refractivity contribution in [2.24, 2.45) is 0 Å². The summed E-state index contributed by atoms with van der Waals surface area (Å²) in [5.74, 6) is -1.52. The fourth-order valence-corrected chi connectivity index (χ4v) is 3.70. The molecule has 1 unspecified atom stereocenters. The maximum absolute atomic E-state index is 11.9. The zero-order valence-electron chi connectivity index (χ0n) is 24.6. The molecule has 13 heteroatoms. The predicted molar refractivity (Wildman–Crippen MR) is 151 cm³/mol. The zero-order chi connectivity index (χ0) is 30.1. The summed E-state index contributed by atoms with van der Waals surface area (Å²) in [4.78, 5) is 47.7. The quantitative estimate of drug-likeness (QED) is 0.126. The molecule has 0 bridgehead atoms. The summed E-state index contributed by atoms with van der Waals surface area (Å²) in [5, 5.41) is 14.3. The molecule has 3 N–H and O–H groups in total. The molecule has 0 fully saturated rings. The summed E-state index contributed by atoms with van der Waals surface area (Å²) < 4.78 is 27.1. The van der Waals surface area contributed by atoms with Crippen molar-refractivity contribution in [1.82, 2.24) is 15.5 Å². The number of nitrogens with zero attached hydrogens (tertiary/aromatic N) is 1. The molecule has 1 aliphatic carbocycles. The summed E-state index contributed by atoms with van der Waals surface area (Å²) in [6.07, 6.45) is 9.44. The van der Waals surface area contributed by atoms with E-state index in [0.717, 1.165) is 32.1 Å². The molecule has 2 atom stereocenters. The van der Waals surface area contributed by atoms with Crippen molar-refractivity contribution in [2.45, 2.75) is 70.4 Å². The lowest BCUT2D eigenvalue weighted by atomic mass is 10.0. The molecule has 1 aliphatic rings. The Bertz CT molecular complexity index is 780. The van der Waals surface area contributed by atoms with Crippen molar-refractivity contribution < 1.29 is 48.0 Å². The smallest absolute Gasteiger partial charge is 0.407 e. The number of allylic oxidation sites excluding steroid dienone is 2. The second-order valence-corrected chi connectivity index (χ2v) is 9.61. The summed E-state index contributed by atoms with van der Waals surface area (Å²) >= 11 is 0. The van der Waals surface area contributed by atoms with Gasteiger partial charge in [-0.05, 0) is 45.4 Å². The highest BCUT2D eigenvalue weighted by Gasteiger charge is 2.21. The lowest BCUT2D eigenvalue weighted by molar-refractivity contribution is -0.148. The van der Waals surface area contributed by atoms with Gasteiger partial charge in [-0.2, -0.15) is 0 Å². The van der Waals surface area contributed by atoms with Crippen LogP contribution in [0.15, 0.2) is 12.2 Å². The van der Waals surface area contributed by atoms with Crippen LogP contribution in [0.4, 0.5) is 4.79 Å². The van der Waals surface area contributed by atoms with Crippen LogP contribution in [0.25, 0.3) is 0 Å².